The molecule has 1 aromatic carbocycles. The zero-order valence-electron chi connectivity index (χ0n) is 19.0. The van der Waals surface area contributed by atoms with E-state index in [1.807, 2.05) is 6.07 Å². The summed E-state index contributed by atoms with van der Waals surface area (Å²) in [6.07, 6.45) is 2.55. The van der Waals surface area contributed by atoms with Crippen molar-refractivity contribution in [1.29, 1.82) is 0 Å². The van der Waals surface area contributed by atoms with Gasteiger partial charge in [0.05, 0.1) is 18.0 Å². The number of furan rings is 1. The number of hydrogen-bond donors (Lipinski definition) is 2. The SMILES string of the molecule is CCOC(=O)C1=C(C)Nc2ccccc2N=C1NC(=O)c1ccc(S(=O)(=O)N2CCCCC2)o1. The molecule has 0 unspecified atom stereocenters. The van der Waals surface area contributed by atoms with Crippen molar-refractivity contribution in [3.63, 3.8) is 0 Å². The van der Waals surface area contributed by atoms with E-state index in [1.165, 1.54) is 16.4 Å². The molecule has 0 radical (unpaired) electrons. The number of aliphatic imine (C=N–C) groups is 1. The summed E-state index contributed by atoms with van der Waals surface area (Å²) in [5.74, 6) is -1.65. The zero-order chi connectivity index (χ0) is 24.3. The topological polar surface area (TPSA) is 130 Å². The molecule has 3 heterocycles. The molecule has 0 atom stereocenters. The summed E-state index contributed by atoms with van der Waals surface area (Å²) in [6, 6.07) is 9.66. The molecule has 0 aliphatic carbocycles. The number of amidine groups is 1. The Morgan fingerprint density at radius 2 is 1.88 bits per heavy atom. The Kier molecular flexibility index (Phi) is 6.85. The molecule has 2 N–H and O–H groups in total. The van der Waals surface area contributed by atoms with Crippen LogP contribution in [-0.2, 0) is 19.6 Å². The van der Waals surface area contributed by atoms with E-state index in [4.69, 9.17) is 9.15 Å². The molecule has 4 rings (SSSR count). The molecule has 2 aliphatic rings. The molecule has 2 aliphatic heterocycles. The Hall–Kier alpha value is -3.44. The van der Waals surface area contributed by atoms with Gasteiger partial charge in [-0.15, -0.1) is 0 Å². The van der Waals surface area contributed by atoms with Gasteiger partial charge in [0.25, 0.3) is 15.9 Å². The second kappa shape index (κ2) is 9.82. The number of hydrogen-bond acceptors (Lipinski definition) is 8. The molecule has 11 heteroatoms. The van der Waals surface area contributed by atoms with Gasteiger partial charge in [-0.3, -0.25) is 4.79 Å². The number of ether oxygens (including phenoxy) is 1. The number of anilines is 1. The third kappa shape index (κ3) is 4.75. The zero-order valence-corrected chi connectivity index (χ0v) is 19.8. The number of benzene rings is 1. The lowest BCUT2D eigenvalue weighted by atomic mass is 10.2. The van der Waals surface area contributed by atoms with Gasteiger partial charge in [0, 0.05) is 18.8 Å². The van der Waals surface area contributed by atoms with E-state index in [-0.39, 0.29) is 28.9 Å². The first kappa shape index (κ1) is 23.7. The molecule has 180 valence electrons. The number of nitrogens with zero attached hydrogens (tertiary/aromatic N) is 2. The van der Waals surface area contributed by atoms with Crippen LogP contribution in [-0.4, -0.2) is 50.1 Å². The maximum absolute atomic E-state index is 13.0. The van der Waals surface area contributed by atoms with Crippen molar-refractivity contribution in [2.24, 2.45) is 4.99 Å². The van der Waals surface area contributed by atoms with Crippen molar-refractivity contribution in [2.45, 2.75) is 38.2 Å². The van der Waals surface area contributed by atoms with E-state index in [0.717, 1.165) is 19.3 Å². The molecule has 1 saturated heterocycles. The maximum Gasteiger partial charge on any atom is 0.343 e. The van der Waals surface area contributed by atoms with Crippen molar-refractivity contribution in [2.75, 3.05) is 25.0 Å². The molecule has 1 fully saturated rings. The lowest BCUT2D eigenvalue weighted by Crippen LogP contribution is -2.36. The van der Waals surface area contributed by atoms with Gasteiger partial charge in [0.1, 0.15) is 11.4 Å². The van der Waals surface area contributed by atoms with Crippen LogP contribution in [0.3, 0.4) is 0 Å². The number of piperidine rings is 1. The number of carbonyl (C=O) groups excluding carboxylic acids is 2. The summed E-state index contributed by atoms with van der Waals surface area (Å²) in [5, 5.41) is 5.41. The van der Waals surface area contributed by atoms with Crippen LogP contribution < -0.4 is 10.6 Å². The van der Waals surface area contributed by atoms with Crippen LogP contribution in [0.25, 0.3) is 0 Å². The molecule has 34 heavy (non-hydrogen) atoms. The highest BCUT2D eigenvalue weighted by Gasteiger charge is 2.31. The number of rotatable bonds is 5. The van der Waals surface area contributed by atoms with Crippen molar-refractivity contribution in [3.05, 3.63) is 53.4 Å². The summed E-state index contributed by atoms with van der Waals surface area (Å²) in [7, 11) is -3.83. The molecule has 0 saturated carbocycles. The molecule has 1 aromatic heterocycles. The van der Waals surface area contributed by atoms with Gasteiger partial charge < -0.3 is 19.8 Å². The van der Waals surface area contributed by atoms with E-state index in [9.17, 15) is 18.0 Å². The second-order valence-electron chi connectivity index (χ2n) is 7.86. The average molecular weight is 487 g/mol. The van der Waals surface area contributed by atoms with Gasteiger partial charge >= 0.3 is 5.97 Å². The molecule has 2 aromatic rings. The summed E-state index contributed by atoms with van der Waals surface area (Å²) in [5.41, 5.74) is 1.65. The van der Waals surface area contributed by atoms with E-state index >= 15 is 0 Å². The van der Waals surface area contributed by atoms with Crippen molar-refractivity contribution in [3.8, 4) is 0 Å². The van der Waals surface area contributed by atoms with Crippen LogP contribution in [0.4, 0.5) is 11.4 Å². The Balaban J connectivity index is 1.63. The van der Waals surface area contributed by atoms with Gasteiger partial charge in [-0.2, -0.15) is 4.31 Å². The number of sulfonamides is 1. The number of esters is 1. The number of amides is 1. The second-order valence-corrected chi connectivity index (χ2v) is 9.73. The fourth-order valence-corrected chi connectivity index (χ4v) is 5.25. The monoisotopic (exact) mass is 486 g/mol. The lowest BCUT2D eigenvalue weighted by molar-refractivity contribution is -0.137. The Morgan fingerprint density at radius 3 is 2.62 bits per heavy atom. The number of para-hydroxylation sites is 2. The molecule has 0 bridgehead atoms. The number of carbonyl (C=O) groups is 2. The van der Waals surface area contributed by atoms with Gasteiger partial charge in [-0.05, 0) is 51.0 Å². The lowest BCUT2D eigenvalue weighted by Gasteiger charge is -2.24. The minimum atomic E-state index is -3.83. The third-order valence-corrected chi connectivity index (χ3v) is 7.27. The summed E-state index contributed by atoms with van der Waals surface area (Å²) < 4.78 is 37.7. The number of nitrogens with one attached hydrogen (secondary N) is 2. The predicted octanol–water partition coefficient (Wildman–Crippen LogP) is 3.18. The minimum Gasteiger partial charge on any atom is -0.462 e. The average Bonchev–Trinajstić information content (AvgIpc) is 3.28. The van der Waals surface area contributed by atoms with E-state index < -0.39 is 21.9 Å². The quantitative estimate of drug-likeness (QED) is 0.621. The van der Waals surface area contributed by atoms with Crippen molar-refractivity contribution < 1.29 is 27.2 Å². The highest BCUT2D eigenvalue weighted by Crippen LogP contribution is 2.30. The standard InChI is InChI=1S/C23H26N4O6S/c1-3-32-23(29)20-15(2)24-16-9-5-6-10-17(16)25-21(20)26-22(28)18-11-12-19(33-18)34(30,31)27-13-7-4-8-14-27/h5-6,9-12,24H,3-4,7-8,13-14H2,1-2H3,(H,25,26,28). The number of fused-ring (bicyclic) bond motifs is 1. The first-order valence-electron chi connectivity index (χ1n) is 11.1. The summed E-state index contributed by atoms with van der Waals surface area (Å²) in [4.78, 5) is 30.2. The fourth-order valence-electron chi connectivity index (χ4n) is 3.82. The third-order valence-electron chi connectivity index (χ3n) is 5.50. The predicted molar refractivity (Wildman–Crippen MR) is 125 cm³/mol. The molecule has 10 nitrogen and oxygen atoms in total. The van der Waals surface area contributed by atoms with E-state index in [1.54, 1.807) is 32.0 Å². The maximum atomic E-state index is 13.0. The van der Waals surface area contributed by atoms with Crippen LogP contribution in [0.2, 0.25) is 0 Å². The van der Waals surface area contributed by atoms with E-state index in [2.05, 4.69) is 15.6 Å². The van der Waals surface area contributed by atoms with Crippen molar-refractivity contribution >= 4 is 39.1 Å². The van der Waals surface area contributed by atoms with Crippen LogP contribution in [0.15, 0.2) is 62.2 Å². The largest absolute Gasteiger partial charge is 0.462 e. The molecular weight excluding hydrogens is 460 g/mol. The van der Waals surface area contributed by atoms with Crippen LogP contribution in [0.5, 0.6) is 0 Å². The Morgan fingerprint density at radius 1 is 1.15 bits per heavy atom. The first-order valence-corrected chi connectivity index (χ1v) is 12.5. The van der Waals surface area contributed by atoms with Crippen LogP contribution in [0.1, 0.15) is 43.7 Å². The molecule has 1 amide bonds. The normalized spacial score (nSPS) is 16.7. The highest BCUT2D eigenvalue weighted by molar-refractivity contribution is 7.89. The highest BCUT2D eigenvalue weighted by atomic mass is 32.2. The van der Waals surface area contributed by atoms with Crippen LogP contribution >= 0.6 is 0 Å². The van der Waals surface area contributed by atoms with Gasteiger partial charge in [-0.1, -0.05) is 18.6 Å². The summed E-state index contributed by atoms with van der Waals surface area (Å²) in [6.45, 7) is 4.32. The van der Waals surface area contributed by atoms with Gasteiger partial charge in [0.2, 0.25) is 5.09 Å². The van der Waals surface area contributed by atoms with Crippen LogP contribution in [0, 0.1) is 0 Å². The van der Waals surface area contributed by atoms with E-state index in [0.29, 0.717) is 30.2 Å². The molecular formula is C23H26N4O6S. The van der Waals surface area contributed by atoms with Crippen molar-refractivity contribution in [1.82, 2.24) is 9.62 Å². The number of allylic oxidation sites excluding steroid dienone is 1. The Labute approximate surface area is 197 Å². The first-order chi connectivity index (χ1) is 16.3. The molecule has 0 spiro atoms. The fraction of sp³-hybridized carbons (Fsp3) is 0.348. The van der Waals surface area contributed by atoms with Gasteiger partial charge in [0.15, 0.2) is 5.76 Å². The Bertz CT molecular complexity index is 1270. The summed E-state index contributed by atoms with van der Waals surface area (Å²) >= 11 is 0. The van der Waals surface area contributed by atoms with Gasteiger partial charge in [-0.25, -0.2) is 18.2 Å². The smallest absolute Gasteiger partial charge is 0.343 e. The minimum absolute atomic E-state index is 0.0322.